The van der Waals surface area contributed by atoms with Crippen LogP contribution in [-0.4, -0.2) is 14.5 Å². The number of nitrogens with zero attached hydrogens (tertiary/aromatic N) is 3. The first-order valence-electron chi connectivity index (χ1n) is 5.29. The van der Waals surface area contributed by atoms with Gasteiger partial charge in [-0.2, -0.15) is 0 Å². The molecule has 0 aliphatic carbocycles. The number of aromatic nitrogens is 3. The summed E-state index contributed by atoms with van der Waals surface area (Å²) in [5.74, 6) is 6.24. The highest BCUT2D eigenvalue weighted by Gasteiger charge is 2.06. The third kappa shape index (κ3) is 2.04. The largest absolute Gasteiger partial charge is 0.330 e. The van der Waals surface area contributed by atoms with Gasteiger partial charge in [-0.05, 0) is 18.6 Å². The Hall–Kier alpha value is -1.88. The van der Waals surface area contributed by atoms with Gasteiger partial charge in [-0.3, -0.25) is 10.8 Å². The molecular formula is C11H15N5. The van der Waals surface area contributed by atoms with Crippen molar-refractivity contribution >= 4 is 5.69 Å². The summed E-state index contributed by atoms with van der Waals surface area (Å²) in [6.07, 6.45) is 6.53. The molecule has 0 fully saturated rings. The topological polar surface area (TPSA) is 68.8 Å². The van der Waals surface area contributed by atoms with Crippen molar-refractivity contribution in [1.82, 2.24) is 14.5 Å². The molecule has 0 spiro atoms. The number of hydrogen-bond acceptors (Lipinski definition) is 4. The lowest BCUT2D eigenvalue weighted by Gasteiger charge is -2.06. The molecule has 2 heterocycles. The third-order valence-electron chi connectivity index (χ3n) is 2.34. The summed E-state index contributed by atoms with van der Waals surface area (Å²) in [7, 11) is 0. The van der Waals surface area contributed by atoms with Gasteiger partial charge >= 0.3 is 0 Å². The van der Waals surface area contributed by atoms with Gasteiger partial charge in [0.25, 0.3) is 0 Å². The quantitative estimate of drug-likeness (QED) is 0.603. The Balaban J connectivity index is 2.37. The summed E-state index contributed by atoms with van der Waals surface area (Å²) in [6, 6.07) is 3.70. The maximum Gasteiger partial charge on any atom is 0.158 e. The van der Waals surface area contributed by atoms with Crippen LogP contribution in [0, 0.1) is 0 Å². The van der Waals surface area contributed by atoms with Crippen molar-refractivity contribution in [2.24, 2.45) is 5.84 Å². The van der Waals surface area contributed by atoms with E-state index in [-0.39, 0.29) is 0 Å². The summed E-state index contributed by atoms with van der Waals surface area (Å²) in [6.45, 7) is 3.08. The average Bonchev–Trinajstić information content (AvgIpc) is 2.78. The van der Waals surface area contributed by atoms with Crippen molar-refractivity contribution in [2.45, 2.75) is 19.9 Å². The van der Waals surface area contributed by atoms with Gasteiger partial charge < -0.3 is 9.99 Å². The maximum atomic E-state index is 5.36. The highest BCUT2D eigenvalue weighted by atomic mass is 15.2. The van der Waals surface area contributed by atoms with Crippen LogP contribution >= 0.6 is 0 Å². The standard InChI is InChI=1S/C11H15N5/c1-2-6-16-7-5-14-11(16)10-8-9(15-12)3-4-13-10/h3-5,7-8H,2,6,12H2,1H3,(H,13,15). The van der Waals surface area contributed by atoms with Gasteiger partial charge in [0.2, 0.25) is 0 Å². The Kier molecular flexibility index (Phi) is 3.16. The normalized spacial score (nSPS) is 10.4. The van der Waals surface area contributed by atoms with Crippen LogP contribution in [0.1, 0.15) is 13.3 Å². The summed E-state index contributed by atoms with van der Waals surface area (Å²) in [5, 5.41) is 0. The maximum absolute atomic E-state index is 5.36. The zero-order valence-electron chi connectivity index (χ0n) is 9.22. The molecule has 0 unspecified atom stereocenters. The van der Waals surface area contributed by atoms with Crippen LogP contribution in [0.25, 0.3) is 11.5 Å². The van der Waals surface area contributed by atoms with E-state index in [1.165, 1.54) is 0 Å². The van der Waals surface area contributed by atoms with E-state index in [4.69, 9.17) is 5.84 Å². The number of nitrogen functional groups attached to an aromatic ring is 1. The lowest BCUT2D eigenvalue weighted by molar-refractivity contribution is 0.684. The number of hydrazine groups is 1. The first-order valence-corrected chi connectivity index (χ1v) is 5.29. The zero-order valence-corrected chi connectivity index (χ0v) is 9.22. The van der Waals surface area contributed by atoms with E-state index in [0.717, 1.165) is 30.2 Å². The molecular weight excluding hydrogens is 202 g/mol. The van der Waals surface area contributed by atoms with Crippen molar-refractivity contribution in [2.75, 3.05) is 5.43 Å². The van der Waals surface area contributed by atoms with Crippen LogP contribution in [0.3, 0.4) is 0 Å². The predicted molar refractivity (Wildman–Crippen MR) is 63.6 cm³/mol. The van der Waals surface area contributed by atoms with E-state index in [2.05, 4.69) is 26.9 Å². The Labute approximate surface area is 94.3 Å². The van der Waals surface area contributed by atoms with Crippen LogP contribution in [0.2, 0.25) is 0 Å². The monoisotopic (exact) mass is 217 g/mol. The molecule has 0 bridgehead atoms. The molecule has 0 amide bonds. The molecule has 0 aromatic carbocycles. The van der Waals surface area contributed by atoms with E-state index in [9.17, 15) is 0 Å². The molecule has 5 heteroatoms. The number of hydrogen-bond donors (Lipinski definition) is 2. The van der Waals surface area contributed by atoms with Crippen LogP contribution in [0.4, 0.5) is 5.69 Å². The molecule has 0 saturated heterocycles. The predicted octanol–water partition coefficient (Wildman–Crippen LogP) is 1.64. The number of anilines is 1. The van der Waals surface area contributed by atoms with Gasteiger partial charge in [-0.25, -0.2) is 4.98 Å². The smallest absolute Gasteiger partial charge is 0.158 e. The van der Waals surface area contributed by atoms with Crippen molar-refractivity contribution in [3.05, 3.63) is 30.7 Å². The van der Waals surface area contributed by atoms with Gasteiger partial charge in [-0.15, -0.1) is 0 Å². The second-order valence-corrected chi connectivity index (χ2v) is 3.52. The molecule has 0 atom stereocenters. The van der Waals surface area contributed by atoms with Gasteiger partial charge in [0, 0.05) is 25.1 Å². The molecule has 0 aliphatic heterocycles. The van der Waals surface area contributed by atoms with E-state index < -0.39 is 0 Å². The molecule has 0 aliphatic rings. The van der Waals surface area contributed by atoms with E-state index in [1.807, 2.05) is 18.3 Å². The number of imidazole rings is 1. The molecule has 2 rings (SSSR count). The van der Waals surface area contributed by atoms with Crippen LogP contribution in [0.15, 0.2) is 30.7 Å². The van der Waals surface area contributed by atoms with Gasteiger partial charge in [0.05, 0.1) is 5.69 Å². The van der Waals surface area contributed by atoms with Crippen LogP contribution in [0.5, 0.6) is 0 Å². The lowest BCUT2D eigenvalue weighted by Crippen LogP contribution is -2.07. The fourth-order valence-corrected chi connectivity index (χ4v) is 1.61. The molecule has 0 radical (unpaired) electrons. The third-order valence-corrected chi connectivity index (χ3v) is 2.34. The minimum atomic E-state index is 0.828. The van der Waals surface area contributed by atoms with Gasteiger partial charge in [0.15, 0.2) is 5.82 Å². The fourth-order valence-electron chi connectivity index (χ4n) is 1.61. The lowest BCUT2D eigenvalue weighted by atomic mass is 10.3. The van der Waals surface area contributed by atoms with Crippen molar-refractivity contribution < 1.29 is 0 Å². The zero-order chi connectivity index (χ0) is 11.4. The summed E-state index contributed by atoms with van der Waals surface area (Å²) in [4.78, 5) is 8.61. The second-order valence-electron chi connectivity index (χ2n) is 3.52. The van der Waals surface area contributed by atoms with Crippen molar-refractivity contribution in [3.8, 4) is 11.5 Å². The highest BCUT2D eigenvalue weighted by Crippen LogP contribution is 2.18. The first kappa shape index (κ1) is 10.6. The van der Waals surface area contributed by atoms with E-state index in [0.29, 0.717) is 0 Å². The minimum Gasteiger partial charge on any atom is -0.330 e. The van der Waals surface area contributed by atoms with Crippen LogP contribution < -0.4 is 11.3 Å². The Bertz CT molecular complexity index is 463. The van der Waals surface area contributed by atoms with Crippen molar-refractivity contribution in [3.63, 3.8) is 0 Å². The molecule has 84 valence electrons. The number of nitrogens with one attached hydrogen (secondary N) is 1. The van der Waals surface area contributed by atoms with Crippen molar-refractivity contribution in [1.29, 1.82) is 0 Å². The molecule has 5 nitrogen and oxygen atoms in total. The molecule has 2 aromatic heterocycles. The molecule has 0 saturated carbocycles. The molecule has 16 heavy (non-hydrogen) atoms. The van der Waals surface area contributed by atoms with Crippen LogP contribution in [-0.2, 0) is 6.54 Å². The Morgan fingerprint density at radius 2 is 2.25 bits per heavy atom. The van der Waals surface area contributed by atoms with E-state index in [1.54, 1.807) is 12.4 Å². The minimum absolute atomic E-state index is 0.828. The van der Waals surface area contributed by atoms with Gasteiger partial charge in [0.1, 0.15) is 5.69 Å². The number of aryl methyl sites for hydroxylation is 1. The summed E-state index contributed by atoms with van der Waals surface area (Å²) < 4.78 is 2.09. The fraction of sp³-hybridized carbons (Fsp3) is 0.273. The van der Waals surface area contributed by atoms with Gasteiger partial charge in [-0.1, -0.05) is 6.92 Å². The number of rotatable bonds is 4. The average molecular weight is 217 g/mol. The van der Waals surface area contributed by atoms with E-state index >= 15 is 0 Å². The summed E-state index contributed by atoms with van der Waals surface area (Å²) in [5.41, 5.74) is 4.26. The second kappa shape index (κ2) is 4.76. The molecule has 2 aromatic rings. The first-order chi connectivity index (χ1) is 7.85. The summed E-state index contributed by atoms with van der Waals surface area (Å²) >= 11 is 0. The number of pyridine rings is 1. The SMILES string of the molecule is CCCn1ccnc1-c1cc(NN)ccn1. The highest BCUT2D eigenvalue weighted by molar-refractivity contribution is 5.57. The molecule has 3 N–H and O–H groups in total. The Morgan fingerprint density at radius 1 is 1.38 bits per heavy atom. The Morgan fingerprint density at radius 3 is 3.00 bits per heavy atom. The number of nitrogens with two attached hydrogens (primary N) is 1.